The van der Waals surface area contributed by atoms with E-state index in [4.69, 9.17) is 4.74 Å². The first kappa shape index (κ1) is 13.2. The second kappa shape index (κ2) is 5.57. The van der Waals surface area contributed by atoms with Gasteiger partial charge >= 0.3 is 0 Å². The predicted octanol–water partition coefficient (Wildman–Crippen LogP) is 1.34. The highest BCUT2D eigenvalue weighted by molar-refractivity contribution is 7.89. The molecule has 1 heterocycles. The third-order valence-corrected chi connectivity index (χ3v) is 3.61. The fraction of sp³-hybridized carbons (Fsp3) is 0.0833. The van der Waals surface area contributed by atoms with Crippen molar-refractivity contribution in [3.05, 3.63) is 48.3 Å². The van der Waals surface area contributed by atoms with Gasteiger partial charge in [-0.3, -0.25) is 0 Å². The molecule has 6 nitrogen and oxygen atoms in total. The molecule has 2 aromatic rings. The molecule has 0 atom stereocenters. The van der Waals surface area contributed by atoms with Crippen LogP contribution >= 0.6 is 0 Å². The van der Waals surface area contributed by atoms with E-state index in [1.807, 2.05) is 0 Å². The van der Waals surface area contributed by atoms with Gasteiger partial charge in [-0.2, -0.15) is 13.5 Å². The summed E-state index contributed by atoms with van der Waals surface area (Å²) in [5.41, 5.74) is 0.706. The van der Waals surface area contributed by atoms with Crippen LogP contribution in [0, 0.1) is 0 Å². The molecule has 0 bridgehead atoms. The molecule has 1 aromatic carbocycles. The molecule has 0 unspecified atom stereocenters. The van der Waals surface area contributed by atoms with Crippen LogP contribution in [0.2, 0.25) is 0 Å². The summed E-state index contributed by atoms with van der Waals surface area (Å²) >= 11 is 0. The number of hydrazone groups is 1. The van der Waals surface area contributed by atoms with Gasteiger partial charge in [0.15, 0.2) is 0 Å². The molecule has 1 aromatic heterocycles. The van der Waals surface area contributed by atoms with Gasteiger partial charge in [0.25, 0.3) is 10.0 Å². The smallest absolute Gasteiger partial charge is 0.276 e. The normalized spacial score (nSPS) is 11.6. The van der Waals surface area contributed by atoms with Crippen LogP contribution in [0.1, 0.15) is 5.69 Å². The first-order valence-corrected chi connectivity index (χ1v) is 6.92. The first-order chi connectivity index (χ1) is 9.12. The zero-order chi connectivity index (χ0) is 13.7. The number of hydrogen-bond acceptors (Lipinski definition) is 4. The molecule has 2 N–H and O–H groups in total. The summed E-state index contributed by atoms with van der Waals surface area (Å²) in [4.78, 5) is 5.13. The Morgan fingerprint density at radius 2 is 2.00 bits per heavy atom. The van der Waals surface area contributed by atoms with Gasteiger partial charge in [0.05, 0.1) is 23.9 Å². The quantitative estimate of drug-likeness (QED) is 0.640. The largest absolute Gasteiger partial charge is 0.497 e. The van der Waals surface area contributed by atoms with E-state index in [1.54, 1.807) is 30.5 Å². The summed E-state index contributed by atoms with van der Waals surface area (Å²) < 4.78 is 28.7. The minimum absolute atomic E-state index is 0.122. The molecular weight excluding hydrogens is 266 g/mol. The summed E-state index contributed by atoms with van der Waals surface area (Å²) in [7, 11) is -2.14. The molecule has 0 saturated carbocycles. The average molecular weight is 279 g/mol. The minimum atomic E-state index is -3.66. The molecule has 0 amide bonds. The highest BCUT2D eigenvalue weighted by Gasteiger charge is 2.12. The van der Waals surface area contributed by atoms with E-state index in [2.05, 4.69) is 14.9 Å². The molecule has 0 saturated heterocycles. The van der Waals surface area contributed by atoms with Gasteiger partial charge in [-0.25, -0.2) is 4.83 Å². The highest BCUT2D eigenvalue weighted by Crippen LogP contribution is 2.15. The Balaban J connectivity index is 2.09. The third kappa shape index (κ3) is 3.35. The molecule has 0 aliphatic heterocycles. The molecule has 19 heavy (non-hydrogen) atoms. The number of sulfonamides is 1. The molecule has 100 valence electrons. The molecule has 7 heteroatoms. The Labute approximate surface area is 111 Å². The number of hydrogen-bond donors (Lipinski definition) is 2. The van der Waals surface area contributed by atoms with Gasteiger partial charge in [-0.15, -0.1) is 0 Å². The van der Waals surface area contributed by atoms with Crippen LogP contribution in [0.3, 0.4) is 0 Å². The number of rotatable bonds is 5. The maximum absolute atomic E-state index is 11.9. The van der Waals surface area contributed by atoms with Gasteiger partial charge in [-0.05, 0) is 36.4 Å². The standard InChI is InChI=1S/C12H13N3O3S/c1-18-11-4-6-12(7-5-11)19(16,17)15-14-9-10-3-2-8-13-10/h2-9,13,15H,1H3. The van der Waals surface area contributed by atoms with Gasteiger partial charge in [0, 0.05) is 6.20 Å². The van der Waals surface area contributed by atoms with E-state index in [9.17, 15) is 8.42 Å². The van der Waals surface area contributed by atoms with Crippen molar-refractivity contribution in [2.75, 3.05) is 7.11 Å². The zero-order valence-corrected chi connectivity index (χ0v) is 11.0. The molecule has 0 aliphatic carbocycles. The number of nitrogens with one attached hydrogen (secondary N) is 2. The molecular formula is C12H13N3O3S. The molecule has 0 fully saturated rings. The summed E-state index contributed by atoms with van der Waals surface area (Å²) in [5.74, 6) is 0.592. The van der Waals surface area contributed by atoms with Crippen LogP contribution in [-0.2, 0) is 10.0 Å². The van der Waals surface area contributed by atoms with E-state index in [-0.39, 0.29) is 4.90 Å². The van der Waals surface area contributed by atoms with Crippen LogP contribution in [0.25, 0.3) is 0 Å². The van der Waals surface area contributed by atoms with Crippen molar-refractivity contribution in [1.29, 1.82) is 0 Å². The van der Waals surface area contributed by atoms with Crippen LogP contribution in [-0.4, -0.2) is 26.7 Å². The lowest BCUT2D eigenvalue weighted by Gasteiger charge is -2.04. The second-order valence-electron chi connectivity index (χ2n) is 3.65. The van der Waals surface area contributed by atoms with E-state index in [0.717, 1.165) is 0 Å². The maximum Gasteiger partial charge on any atom is 0.276 e. The number of ether oxygens (including phenoxy) is 1. The van der Waals surface area contributed by atoms with E-state index >= 15 is 0 Å². The minimum Gasteiger partial charge on any atom is -0.497 e. The molecule has 2 rings (SSSR count). The summed E-state index contributed by atoms with van der Waals surface area (Å²) in [6.45, 7) is 0. The van der Waals surface area contributed by atoms with Crippen molar-refractivity contribution >= 4 is 16.2 Å². The number of aromatic amines is 1. The van der Waals surface area contributed by atoms with Crippen LogP contribution in [0.4, 0.5) is 0 Å². The average Bonchev–Trinajstić information content (AvgIpc) is 2.92. The number of benzene rings is 1. The SMILES string of the molecule is COc1ccc(S(=O)(=O)NN=Cc2ccc[nH]2)cc1. The third-order valence-electron chi connectivity index (χ3n) is 2.37. The number of aromatic nitrogens is 1. The fourth-order valence-electron chi connectivity index (χ4n) is 1.40. The Hall–Kier alpha value is -2.28. The lowest BCUT2D eigenvalue weighted by atomic mass is 10.3. The van der Waals surface area contributed by atoms with Crippen molar-refractivity contribution in [3.8, 4) is 5.75 Å². The summed E-state index contributed by atoms with van der Waals surface area (Å²) in [6.07, 6.45) is 3.11. The van der Waals surface area contributed by atoms with Crippen molar-refractivity contribution in [1.82, 2.24) is 9.82 Å². The Morgan fingerprint density at radius 3 is 2.58 bits per heavy atom. The molecule has 0 radical (unpaired) electrons. The predicted molar refractivity (Wildman–Crippen MR) is 71.7 cm³/mol. The Bertz CT molecular complexity index is 646. The summed E-state index contributed by atoms with van der Waals surface area (Å²) in [5, 5.41) is 3.68. The maximum atomic E-state index is 11.9. The second-order valence-corrected chi connectivity index (χ2v) is 5.31. The van der Waals surface area contributed by atoms with Crippen LogP contribution in [0.15, 0.2) is 52.6 Å². The monoisotopic (exact) mass is 279 g/mol. The summed E-state index contributed by atoms with van der Waals surface area (Å²) in [6, 6.07) is 9.60. The topological polar surface area (TPSA) is 83.6 Å². The van der Waals surface area contributed by atoms with Gasteiger partial charge in [0.1, 0.15) is 5.75 Å². The van der Waals surface area contributed by atoms with Crippen molar-refractivity contribution in [3.63, 3.8) is 0 Å². The first-order valence-electron chi connectivity index (χ1n) is 5.44. The van der Waals surface area contributed by atoms with Crippen molar-refractivity contribution in [2.45, 2.75) is 4.90 Å². The number of nitrogens with zero attached hydrogens (tertiary/aromatic N) is 1. The van der Waals surface area contributed by atoms with Crippen molar-refractivity contribution < 1.29 is 13.2 Å². The Kier molecular flexibility index (Phi) is 3.86. The Morgan fingerprint density at radius 1 is 1.26 bits per heavy atom. The van der Waals surface area contributed by atoms with E-state index in [1.165, 1.54) is 25.5 Å². The number of H-pyrrole nitrogens is 1. The van der Waals surface area contributed by atoms with E-state index < -0.39 is 10.0 Å². The van der Waals surface area contributed by atoms with Crippen LogP contribution in [0.5, 0.6) is 5.75 Å². The van der Waals surface area contributed by atoms with Gasteiger partial charge in [-0.1, -0.05) is 0 Å². The lowest BCUT2D eigenvalue weighted by Crippen LogP contribution is -2.18. The van der Waals surface area contributed by atoms with E-state index in [0.29, 0.717) is 11.4 Å². The lowest BCUT2D eigenvalue weighted by molar-refractivity contribution is 0.414. The van der Waals surface area contributed by atoms with Gasteiger partial charge in [0.2, 0.25) is 0 Å². The molecule has 0 spiro atoms. The highest BCUT2D eigenvalue weighted by atomic mass is 32.2. The number of methoxy groups -OCH3 is 1. The zero-order valence-electron chi connectivity index (χ0n) is 10.2. The van der Waals surface area contributed by atoms with Crippen molar-refractivity contribution in [2.24, 2.45) is 5.10 Å². The van der Waals surface area contributed by atoms with Gasteiger partial charge < -0.3 is 9.72 Å². The molecule has 0 aliphatic rings. The van der Waals surface area contributed by atoms with Crippen LogP contribution < -0.4 is 9.57 Å². The fourth-order valence-corrected chi connectivity index (χ4v) is 2.19.